The molecule has 0 aliphatic carbocycles. The molecule has 0 saturated carbocycles. The summed E-state index contributed by atoms with van der Waals surface area (Å²) < 4.78 is 10.7. The Bertz CT molecular complexity index is 655. The molecule has 6 heteroatoms. The van der Waals surface area contributed by atoms with Gasteiger partial charge in [0, 0.05) is 4.88 Å². The number of nitrogens with one attached hydrogen (secondary N) is 1. The third-order valence-corrected chi connectivity index (χ3v) is 4.37. The summed E-state index contributed by atoms with van der Waals surface area (Å²) in [6.07, 6.45) is 0. The molecule has 2 aromatic rings. The lowest BCUT2D eigenvalue weighted by molar-refractivity contribution is -0.125. The summed E-state index contributed by atoms with van der Waals surface area (Å²) in [5.41, 5.74) is 0.887. The van der Waals surface area contributed by atoms with Gasteiger partial charge in [0.1, 0.15) is 6.04 Å². The molecule has 0 saturated heterocycles. The van der Waals surface area contributed by atoms with Gasteiger partial charge in [0.2, 0.25) is 12.7 Å². The minimum Gasteiger partial charge on any atom is -0.454 e. The first-order valence-corrected chi connectivity index (χ1v) is 7.89. The smallest absolute Gasteiger partial charge is 0.242 e. The molecular formula is C16H18N2O3S. The van der Waals surface area contributed by atoms with Gasteiger partial charge in [0.25, 0.3) is 0 Å². The summed E-state index contributed by atoms with van der Waals surface area (Å²) in [4.78, 5) is 15.6. The lowest BCUT2D eigenvalue weighted by atomic mass is 10.0. The van der Waals surface area contributed by atoms with Gasteiger partial charge in [-0.05, 0) is 43.2 Å². The maximum atomic E-state index is 12.6. The summed E-state index contributed by atoms with van der Waals surface area (Å²) in [6, 6.07) is 9.25. The van der Waals surface area contributed by atoms with Crippen LogP contribution in [-0.2, 0) is 11.3 Å². The normalized spacial score (nSPS) is 14.1. The highest BCUT2D eigenvalue weighted by Gasteiger charge is 2.25. The van der Waals surface area contributed by atoms with Crippen molar-refractivity contribution in [3.8, 4) is 11.5 Å². The molecule has 1 aromatic carbocycles. The zero-order valence-corrected chi connectivity index (χ0v) is 13.4. The van der Waals surface area contributed by atoms with Crippen molar-refractivity contribution >= 4 is 17.2 Å². The first-order valence-electron chi connectivity index (χ1n) is 7.01. The van der Waals surface area contributed by atoms with Gasteiger partial charge in [-0.1, -0.05) is 12.1 Å². The SMILES string of the molecule is CN(C)[C@H](C(=O)NCc1cccs1)c1ccc2c(c1)OCO2. The van der Waals surface area contributed by atoms with Gasteiger partial charge in [0.15, 0.2) is 11.5 Å². The standard InChI is InChI=1S/C16H18N2O3S/c1-18(2)15(16(19)17-9-12-4-3-7-22-12)11-5-6-13-14(8-11)21-10-20-13/h3-8,15H,9-10H2,1-2H3,(H,17,19)/t15-/m0/s1. The van der Waals surface area contributed by atoms with E-state index < -0.39 is 0 Å². The number of likely N-dealkylation sites (N-methyl/N-ethyl adjacent to an activating group) is 1. The molecule has 1 atom stereocenters. The lowest BCUT2D eigenvalue weighted by Gasteiger charge is -2.24. The molecule has 1 amide bonds. The first-order chi connectivity index (χ1) is 10.6. The van der Waals surface area contributed by atoms with Gasteiger partial charge < -0.3 is 14.8 Å². The van der Waals surface area contributed by atoms with Crippen molar-refractivity contribution in [1.82, 2.24) is 10.2 Å². The number of hydrogen-bond acceptors (Lipinski definition) is 5. The monoisotopic (exact) mass is 318 g/mol. The van der Waals surface area contributed by atoms with Crippen molar-refractivity contribution in [2.75, 3.05) is 20.9 Å². The molecule has 3 rings (SSSR count). The second-order valence-corrected chi connectivity index (χ2v) is 6.31. The number of amides is 1. The molecule has 5 nitrogen and oxygen atoms in total. The molecule has 1 aliphatic heterocycles. The van der Waals surface area contributed by atoms with Crippen molar-refractivity contribution in [3.63, 3.8) is 0 Å². The number of carbonyl (C=O) groups excluding carboxylic acids is 1. The molecule has 2 heterocycles. The Labute approximate surface area is 133 Å². The second kappa shape index (κ2) is 6.37. The van der Waals surface area contributed by atoms with E-state index in [4.69, 9.17) is 9.47 Å². The molecule has 0 radical (unpaired) electrons. The Hall–Kier alpha value is -2.05. The van der Waals surface area contributed by atoms with Crippen LogP contribution in [0, 0.1) is 0 Å². The third kappa shape index (κ3) is 3.08. The van der Waals surface area contributed by atoms with Crippen LogP contribution >= 0.6 is 11.3 Å². The zero-order valence-electron chi connectivity index (χ0n) is 12.5. The summed E-state index contributed by atoms with van der Waals surface area (Å²) in [5, 5.41) is 4.99. The van der Waals surface area contributed by atoms with E-state index in [-0.39, 0.29) is 18.7 Å². The van der Waals surface area contributed by atoms with Gasteiger partial charge in [-0.25, -0.2) is 0 Å². The van der Waals surface area contributed by atoms with Gasteiger partial charge in [0.05, 0.1) is 6.54 Å². The molecule has 1 N–H and O–H groups in total. The van der Waals surface area contributed by atoms with Crippen molar-refractivity contribution in [1.29, 1.82) is 0 Å². The number of rotatable bonds is 5. The summed E-state index contributed by atoms with van der Waals surface area (Å²) in [5.74, 6) is 1.38. The number of fused-ring (bicyclic) bond motifs is 1. The van der Waals surface area contributed by atoms with Gasteiger partial charge >= 0.3 is 0 Å². The third-order valence-electron chi connectivity index (χ3n) is 3.49. The van der Waals surface area contributed by atoms with Crippen molar-refractivity contribution in [2.24, 2.45) is 0 Å². The van der Waals surface area contributed by atoms with Crippen LogP contribution in [-0.4, -0.2) is 31.7 Å². The number of benzene rings is 1. The Morgan fingerprint density at radius 3 is 2.86 bits per heavy atom. The second-order valence-electron chi connectivity index (χ2n) is 5.28. The highest BCUT2D eigenvalue weighted by Crippen LogP contribution is 2.35. The molecular weight excluding hydrogens is 300 g/mol. The summed E-state index contributed by atoms with van der Waals surface area (Å²) in [6.45, 7) is 0.779. The number of carbonyl (C=O) groups is 1. The van der Waals surface area contributed by atoms with E-state index in [0.29, 0.717) is 12.3 Å². The van der Waals surface area contributed by atoms with E-state index in [1.807, 2.05) is 54.7 Å². The van der Waals surface area contributed by atoms with E-state index in [1.165, 1.54) is 0 Å². The fourth-order valence-electron chi connectivity index (χ4n) is 2.45. The molecule has 116 valence electrons. The van der Waals surface area contributed by atoms with Crippen LogP contribution in [0.5, 0.6) is 11.5 Å². The predicted molar refractivity (Wildman–Crippen MR) is 85.2 cm³/mol. The van der Waals surface area contributed by atoms with E-state index in [1.54, 1.807) is 11.3 Å². The van der Waals surface area contributed by atoms with Crippen molar-refractivity contribution in [2.45, 2.75) is 12.6 Å². The predicted octanol–water partition coefficient (Wildman–Crippen LogP) is 2.40. The minimum atomic E-state index is -0.366. The Balaban J connectivity index is 1.75. The van der Waals surface area contributed by atoms with Gasteiger partial charge in [-0.15, -0.1) is 11.3 Å². The Kier molecular flexibility index (Phi) is 4.31. The average Bonchev–Trinajstić information content (AvgIpc) is 3.15. The average molecular weight is 318 g/mol. The van der Waals surface area contributed by atoms with Crippen molar-refractivity contribution in [3.05, 3.63) is 46.2 Å². The first kappa shape index (κ1) is 14.9. The Morgan fingerprint density at radius 1 is 1.32 bits per heavy atom. The van der Waals surface area contributed by atoms with E-state index >= 15 is 0 Å². The molecule has 0 spiro atoms. The number of ether oxygens (including phenoxy) is 2. The summed E-state index contributed by atoms with van der Waals surface area (Å²) >= 11 is 1.63. The molecule has 1 aliphatic rings. The fraction of sp³-hybridized carbons (Fsp3) is 0.312. The molecule has 0 bridgehead atoms. The molecule has 22 heavy (non-hydrogen) atoms. The van der Waals surface area contributed by atoms with E-state index in [2.05, 4.69) is 5.32 Å². The van der Waals surface area contributed by atoms with E-state index in [9.17, 15) is 4.79 Å². The van der Waals surface area contributed by atoms with Crippen LogP contribution < -0.4 is 14.8 Å². The Morgan fingerprint density at radius 2 is 2.14 bits per heavy atom. The van der Waals surface area contributed by atoms with Crippen LogP contribution in [0.1, 0.15) is 16.5 Å². The minimum absolute atomic E-state index is 0.0303. The van der Waals surface area contributed by atoms with Crippen LogP contribution in [0.2, 0.25) is 0 Å². The summed E-state index contributed by atoms with van der Waals surface area (Å²) in [7, 11) is 3.78. The molecule has 0 unspecified atom stereocenters. The van der Waals surface area contributed by atoms with Crippen LogP contribution in [0.4, 0.5) is 0 Å². The van der Waals surface area contributed by atoms with Crippen LogP contribution in [0.3, 0.4) is 0 Å². The van der Waals surface area contributed by atoms with E-state index in [0.717, 1.165) is 16.2 Å². The van der Waals surface area contributed by atoms with Crippen molar-refractivity contribution < 1.29 is 14.3 Å². The fourth-order valence-corrected chi connectivity index (χ4v) is 3.10. The molecule has 0 fully saturated rings. The van der Waals surface area contributed by atoms with Crippen LogP contribution in [0.25, 0.3) is 0 Å². The molecule has 1 aromatic heterocycles. The maximum absolute atomic E-state index is 12.6. The lowest BCUT2D eigenvalue weighted by Crippen LogP contribution is -2.36. The topological polar surface area (TPSA) is 50.8 Å². The number of hydrogen-bond donors (Lipinski definition) is 1. The highest BCUT2D eigenvalue weighted by molar-refractivity contribution is 7.09. The quantitative estimate of drug-likeness (QED) is 0.920. The largest absolute Gasteiger partial charge is 0.454 e. The van der Waals surface area contributed by atoms with Gasteiger partial charge in [-0.2, -0.15) is 0 Å². The van der Waals surface area contributed by atoms with Crippen LogP contribution in [0.15, 0.2) is 35.7 Å². The number of nitrogens with zero attached hydrogens (tertiary/aromatic N) is 1. The highest BCUT2D eigenvalue weighted by atomic mass is 32.1. The zero-order chi connectivity index (χ0) is 15.5. The maximum Gasteiger partial charge on any atom is 0.242 e. The number of thiophene rings is 1. The van der Waals surface area contributed by atoms with Gasteiger partial charge in [-0.3, -0.25) is 9.69 Å².